The summed E-state index contributed by atoms with van der Waals surface area (Å²) in [5, 5.41) is 4.98. The van der Waals surface area contributed by atoms with E-state index in [0.29, 0.717) is 29.1 Å². The van der Waals surface area contributed by atoms with Crippen molar-refractivity contribution in [3.63, 3.8) is 0 Å². The maximum Gasteiger partial charge on any atom is 0.258 e. The van der Waals surface area contributed by atoms with E-state index in [1.807, 2.05) is 43.5 Å². The second-order valence-electron chi connectivity index (χ2n) is 11.9. The van der Waals surface area contributed by atoms with E-state index < -0.39 is 62.1 Å². The van der Waals surface area contributed by atoms with E-state index in [4.69, 9.17) is 4.74 Å². The first-order valence-corrected chi connectivity index (χ1v) is 20.2. The van der Waals surface area contributed by atoms with Gasteiger partial charge in [0.05, 0.1) is 37.1 Å². The Morgan fingerprint density at radius 3 is 2.33 bits per heavy atom. The van der Waals surface area contributed by atoms with Crippen LogP contribution in [-0.4, -0.2) is 70.7 Å². The van der Waals surface area contributed by atoms with E-state index in [-0.39, 0.29) is 16.4 Å². The number of amides is 2. The van der Waals surface area contributed by atoms with Gasteiger partial charge in [-0.1, -0.05) is 75.2 Å². The molecule has 0 bridgehead atoms. The Morgan fingerprint density at radius 2 is 1.73 bits per heavy atom. The van der Waals surface area contributed by atoms with Gasteiger partial charge >= 0.3 is 0 Å². The predicted molar refractivity (Wildman–Crippen MR) is 186 cm³/mol. The zero-order valence-corrected chi connectivity index (χ0v) is 29.8. The minimum Gasteiger partial charge on any atom is -0.748 e. The van der Waals surface area contributed by atoms with Gasteiger partial charge < -0.3 is 24.8 Å². The maximum absolute atomic E-state index is 14.2. The largest absolute Gasteiger partial charge is 0.748 e. The number of hydrogen-bond donors (Lipinski definition) is 2. The van der Waals surface area contributed by atoms with Gasteiger partial charge in [0.15, 0.2) is 16.4 Å². The molecule has 0 radical (unpaired) electrons. The fourth-order valence-corrected chi connectivity index (χ4v) is 8.91. The summed E-state index contributed by atoms with van der Waals surface area (Å²) in [4.78, 5) is 29.0. The van der Waals surface area contributed by atoms with Crippen LogP contribution in [-0.2, 0) is 29.5 Å². The molecule has 2 N–H and O–H groups in total. The number of unbranched alkanes of at least 4 members (excludes halogenated alkanes) is 1. The molecule has 4 rings (SSSR count). The molecule has 11 nitrogen and oxygen atoms in total. The molecule has 0 fully saturated rings. The van der Waals surface area contributed by atoms with Gasteiger partial charge in [0, 0.05) is 30.3 Å². The van der Waals surface area contributed by atoms with Crippen LogP contribution in [0.2, 0.25) is 0 Å². The van der Waals surface area contributed by atoms with E-state index in [9.17, 15) is 31.0 Å². The molecular formula is C34H42N3O8S3-. The number of para-hydroxylation sites is 1. The normalized spacial score (nSPS) is 17.9. The van der Waals surface area contributed by atoms with Crippen LogP contribution in [0.1, 0.15) is 51.1 Å². The van der Waals surface area contributed by atoms with Gasteiger partial charge in [0.1, 0.15) is 11.8 Å². The lowest BCUT2D eigenvalue weighted by Crippen LogP contribution is -2.43. The zero-order valence-electron chi connectivity index (χ0n) is 27.3. The summed E-state index contributed by atoms with van der Waals surface area (Å²) in [5.41, 5.74) is 1.38. The van der Waals surface area contributed by atoms with Gasteiger partial charge in [-0.05, 0) is 42.9 Å². The number of carbonyl (C=O) groups excluding carboxylic acids is 2. The lowest BCUT2D eigenvalue weighted by atomic mass is 9.81. The number of carbonyl (C=O) groups is 2. The first-order valence-electron chi connectivity index (χ1n) is 15.8. The monoisotopic (exact) mass is 716 g/mol. The standard InChI is InChI=1S/C34H43N3O8S3/c1-4-6-17-34(5-2)23-37(26-15-11-8-12-16-26)27-20-29(46-3)28(21-30(27)47(40,41)24-34)45-22-31(38)36-32(25-13-9-7-10-14-25)33(39)35-18-19-48(42,43)44/h7-16,20-21,32H,4-6,17-19,22-24H2,1-3H3,(H,35,39)(H,36,38)(H,42,43,44)/p-1/t32-,34?/m0/s1. The summed E-state index contributed by atoms with van der Waals surface area (Å²) in [6, 6.07) is 20.1. The number of ether oxygens (including phenoxy) is 1. The predicted octanol–water partition coefficient (Wildman–Crippen LogP) is 4.82. The first-order chi connectivity index (χ1) is 22.8. The van der Waals surface area contributed by atoms with Crippen LogP contribution in [0.15, 0.2) is 82.6 Å². The van der Waals surface area contributed by atoms with Crippen molar-refractivity contribution in [3.05, 3.63) is 78.4 Å². The van der Waals surface area contributed by atoms with Crippen molar-refractivity contribution in [1.82, 2.24) is 10.6 Å². The number of thioether (sulfide) groups is 1. The summed E-state index contributed by atoms with van der Waals surface area (Å²) in [6.45, 7) is 3.72. The fraction of sp³-hybridized carbons (Fsp3) is 0.412. The lowest BCUT2D eigenvalue weighted by molar-refractivity contribution is -0.130. The van der Waals surface area contributed by atoms with Crippen LogP contribution in [0.25, 0.3) is 0 Å². The first kappa shape index (κ1) is 37.2. The van der Waals surface area contributed by atoms with Gasteiger partial charge in [-0.2, -0.15) is 0 Å². The van der Waals surface area contributed by atoms with Crippen LogP contribution in [0, 0.1) is 5.41 Å². The second kappa shape index (κ2) is 16.2. The van der Waals surface area contributed by atoms with Crippen LogP contribution in [0.5, 0.6) is 5.75 Å². The van der Waals surface area contributed by atoms with Crippen molar-refractivity contribution >= 4 is 54.9 Å². The summed E-state index contributed by atoms with van der Waals surface area (Å²) in [5.74, 6) is -1.98. The Balaban J connectivity index is 1.64. The number of rotatable bonds is 15. The van der Waals surface area contributed by atoms with Crippen LogP contribution in [0.4, 0.5) is 11.4 Å². The maximum atomic E-state index is 14.2. The zero-order chi connectivity index (χ0) is 35.0. The molecule has 1 heterocycles. The number of fused-ring (bicyclic) bond motifs is 1. The Bertz CT molecular complexity index is 1790. The summed E-state index contributed by atoms with van der Waals surface area (Å²) in [7, 11) is -8.34. The van der Waals surface area contributed by atoms with Crippen molar-refractivity contribution in [2.24, 2.45) is 5.41 Å². The molecule has 48 heavy (non-hydrogen) atoms. The summed E-state index contributed by atoms with van der Waals surface area (Å²) >= 11 is 1.35. The molecule has 3 aromatic rings. The average Bonchev–Trinajstić information content (AvgIpc) is 3.16. The molecule has 2 atom stereocenters. The van der Waals surface area contributed by atoms with Gasteiger partial charge in [-0.3, -0.25) is 9.59 Å². The minimum atomic E-state index is -4.55. The van der Waals surface area contributed by atoms with Gasteiger partial charge in [0.25, 0.3) is 5.91 Å². The molecule has 1 unspecified atom stereocenters. The smallest absolute Gasteiger partial charge is 0.258 e. The van der Waals surface area contributed by atoms with Crippen LogP contribution in [0.3, 0.4) is 0 Å². The molecule has 0 aromatic heterocycles. The third-order valence-corrected chi connectivity index (χ3v) is 11.9. The molecule has 260 valence electrons. The number of anilines is 2. The van der Waals surface area contributed by atoms with Gasteiger partial charge in [0.2, 0.25) is 5.91 Å². The topological polar surface area (TPSA) is 162 Å². The molecule has 3 aromatic carbocycles. The van der Waals surface area contributed by atoms with Gasteiger partial charge in [-0.25, -0.2) is 16.8 Å². The van der Waals surface area contributed by atoms with Crippen molar-refractivity contribution in [3.8, 4) is 5.75 Å². The molecule has 1 aliphatic rings. The summed E-state index contributed by atoms with van der Waals surface area (Å²) in [6.07, 6.45) is 5.14. The highest BCUT2D eigenvalue weighted by atomic mass is 32.2. The van der Waals surface area contributed by atoms with E-state index in [1.54, 1.807) is 36.4 Å². The van der Waals surface area contributed by atoms with E-state index in [2.05, 4.69) is 22.5 Å². The van der Waals surface area contributed by atoms with Crippen LogP contribution >= 0.6 is 11.8 Å². The number of nitrogens with zero attached hydrogens (tertiary/aromatic N) is 1. The quantitative estimate of drug-likeness (QED) is 0.165. The second-order valence-corrected chi connectivity index (χ2v) is 16.2. The van der Waals surface area contributed by atoms with Crippen molar-refractivity contribution in [1.29, 1.82) is 0 Å². The number of sulfone groups is 1. The number of hydrogen-bond acceptors (Lipinski definition) is 10. The van der Waals surface area contributed by atoms with Crippen molar-refractivity contribution in [2.45, 2.75) is 55.4 Å². The highest BCUT2D eigenvalue weighted by Crippen LogP contribution is 2.47. The summed E-state index contributed by atoms with van der Waals surface area (Å²) < 4.78 is 67.2. The van der Waals surface area contributed by atoms with Gasteiger partial charge in [-0.15, -0.1) is 11.8 Å². The molecule has 0 spiro atoms. The molecule has 0 saturated carbocycles. The molecule has 0 saturated heterocycles. The highest BCUT2D eigenvalue weighted by Gasteiger charge is 2.42. The molecule has 0 aliphatic carbocycles. The third kappa shape index (κ3) is 9.52. The molecule has 1 aliphatic heterocycles. The Kier molecular flexibility index (Phi) is 12.6. The molecular weight excluding hydrogens is 675 g/mol. The van der Waals surface area contributed by atoms with Crippen molar-refractivity contribution < 1.29 is 35.7 Å². The Labute approximate surface area is 287 Å². The van der Waals surface area contributed by atoms with Crippen LogP contribution < -0.4 is 20.3 Å². The van der Waals surface area contributed by atoms with E-state index in [0.717, 1.165) is 24.9 Å². The number of benzene rings is 3. The lowest BCUT2D eigenvalue weighted by Gasteiger charge is -2.36. The molecule has 2 amide bonds. The van der Waals surface area contributed by atoms with E-state index in [1.165, 1.54) is 17.8 Å². The Hall–Kier alpha value is -3.59. The number of nitrogens with one attached hydrogen (secondary N) is 2. The third-order valence-electron chi connectivity index (χ3n) is 8.45. The Morgan fingerprint density at radius 1 is 1.06 bits per heavy atom. The highest BCUT2D eigenvalue weighted by molar-refractivity contribution is 7.98. The minimum absolute atomic E-state index is 0.0209. The SMILES string of the molecule is CCCCC1(CC)CN(c2ccccc2)c2cc(SC)c(OCC(=O)N[C@H](C(=O)NCCS(=O)(=O)[O-])c3ccccc3)cc2S(=O)(=O)C1. The fourth-order valence-electron chi connectivity index (χ4n) is 5.83. The van der Waals surface area contributed by atoms with Crippen molar-refractivity contribution in [2.75, 3.05) is 42.4 Å². The van der Waals surface area contributed by atoms with E-state index >= 15 is 0 Å². The molecule has 14 heteroatoms. The average molecular weight is 717 g/mol.